The van der Waals surface area contributed by atoms with Crippen LogP contribution < -0.4 is 5.32 Å². The Labute approximate surface area is 113 Å². The molecule has 2 rings (SSSR count). The molecule has 1 nitrogen and oxygen atoms in total. The molecule has 0 saturated heterocycles. The number of thiophene rings is 1. The van der Waals surface area contributed by atoms with E-state index in [4.69, 9.17) is 0 Å². The molecule has 17 heavy (non-hydrogen) atoms. The van der Waals surface area contributed by atoms with Gasteiger partial charge in [0.2, 0.25) is 0 Å². The zero-order valence-electron chi connectivity index (χ0n) is 9.63. The van der Waals surface area contributed by atoms with Gasteiger partial charge in [-0.05, 0) is 59.7 Å². The smallest absolute Gasteiger partial charge is 0.138 e. The highest BCUT2D eigenvalue weighted by Crippen LogP contribution is 2.32. The van der Waals surface area contributed by atoms with Gasteiger partial charge in [-0.3, -0.25) is 0 Å². The predicted molar refractivity (Wildman–Crippen MR) is 74.9 cm³/mol. The van der Waals surface area contributed by atoms with Gasteiger partial charge in [0.25, 0.3) is 0 Å². The second-order valence-corrected chi connectivity index (χ2v) is 5.81. The Morgan fingerprint density at radius 2 is 2.06 bits per heavy atom. The standard InChI is InChI=1S/C13H13BrFNS/c1-8(16-2)12-5-6-13(17-12)9-3-4-10(14)11(15)7-9/h3-8,16H,1-2H3. The second-order valence-electron chi connectivity index (χ2n) is 3.84. The molecular formula is C13H13BrFNS. The highest BCUT2D eigenvalue weighted by Gasteiger charge is 2.09. The van der Waals surface area contributed by atoms with Crippen LogP contribution in [0.2, 0.25) is 0 Å². The molecule has 1 heterocycles. The summed E-state index contributed by atoms with van der Waals surface area (Å²) in [4.78, 5) is 2.35. The maximum absolute atomic E-state index is 13.4. The fourth-order valence-corrected chi connectivity index (χ4v) is 2.84. The number of nitrogens with one attached hydrogen (secondary N) is 1. The number of hydrogen-bond donors (Lipinski definition) is 1. The van der Waals surface area contributed by atoms with Crippen molar-refractivity contribution >= 4 is 27.3 Å². The third kappa shape index (κ3) is 2.76. The van der Waals surface area contributed by atoms with Crippen molar-refractivity contribution in [2.75, 3.05) is 7.05 Å². The Balaban J connectivity index is 2.33. The Bertz CT molecular complexity index is 524. The van der Waals surface area contributed by atoms with Crippen LogP contribution in [0.1, 0.15) is 17.8 Å². The van der Waals surface area contributed by atoms with Crippen LogP contribution >= 0.6 is 27.3 Å². The quantitative estimate of drug-likeness (QED) is 0.873. The number of rotatable bonds is 3. The molecule has 0 bridgehead atoms. The van der Waals surface area contributed by atoms with Gasteiger partial charge in [0, 0.05) is 15.8 Å². The Kier molecular flexibility index (Phi) is 3.97. The molecule has 2 aromatic rings. The van der Waals surface area contributed by atoms with Crippen LogP contribution in [0.25, 0.3) is 10.4 Å². The zero-order valence-corrected chi connectivity index (χ0v) is 12.0. The predicted octanol–water partition coefficient (Wildman–Crippen LogP) is 4.60. The summed E-state index contributed by atoms with van der Waals surface area (Å²) in [5, 5.41) is 3.20. The molecule has 1 aromatic heterocycles. The zero-order chi connectivity index (χ0) is 12.4. The van der Waals surface area contributed by atoms with Crippen molar-refractivity contribution in [2.24, 2.45) is 0 Å². The summed E-state index contributed by atoms with van der Waals surface area (Å²) in [7, 11) is 1.93. The number of halogens is 2. The number of hydrogen-bond acceptors (Lipinski definition) is 2. The Hall–Kier alpha value is -0.710. The minimum absolute atomic E-state index is 0.223. The largest absolute Gasteiger partial charge is 0.313 e. The average Bonchev–Trinajstić information content (AvgIpc) is 2.81. The van der Waals surface area contributed by atoms with E-state index in [1.807, 2.05) is 19.2 Å². The van der Waals surface area contributed by atoms with E-state index >= 15 is 0 Å². The van der Waals surface area contributed by atoms with Gasteiger partial charge < -0.3 is 5.32 Å². The highest BCUT2D eigenvalue weighted by atomic mass is 79.9. The third-order valence-corrected chi connectivity index (χ3v) is 4.65. The fourth-order valence-electron chi connectivity index (χ4n) is 1.53. The molecule has 0 aliphatic rings. The van der Waals surface area contributed by atoms with Crippen LogP contribution in [0.5, 0.6) is 0 Å². The van der Waals surface area contributed by atoms with Crippen LogP contribution in [0.15, 0.2) is 34.8 Å². The molecule has 90 valence electrons. The third-order valence-electron chi connectivity index (χ3n) is 2.69. The van der Waals surface area contributed by atoms with Crippen LogP contribution in [-0.4, -0.2) is 7.05 Å². The van der Waals surface area contributed by atoms with Crippen molar-refractivity contribution in [3.05, 3.63) is 45.5 Å². The van der Waals surface area contributed by atoms with Crippen LogP contribution in [0.4, 0.5) is 4.39 Å². The van der Waals surface area contributed by atoms with Crippen molar-refractivity contribution in [3.63, 3.8) is 0 Å². The molecular weight excluding hydrogens is 301 g/mol. The summed E-state index contributed by atoms with van der Waals surface area (Å²) in [6.07, 6.45) is 0. The van der Waals surface area contributed by atoms with Crippen LogP contribution in [-0.2, 0) is 0 Å². The number of benzene rings is 1. The topological polar surface area (TPSA) is 12.0 Å². The summed E-state index contributed by atoms with van der Waals surface area (Å²) >= 11 is 4.85. The van der Waals surface area contributed by atoms with Gasteiger partial charge in [-0.1, -0.05) is 6.07 Å². The van der Waals surface area contributed by atoms with Gasteiger partial charge in [0.05, 0.1) is 4.47 Å². The molecule has 0 aliphatic heterocycles. The average molecular weight is 314 g/mol. The normalized spacial score (nSPS) is 12.7. The van der Waals surface area contributed by atoms with Gasteiger partial charge in [-0.15, -0.1) is 11.3 Å². The Morgan fingerprint density at radius 3 is 2.71 bits per heavy atom. The fraction of sp³-hybridized carbons (Fsp3) is 0.231. The van der Waals surface area contributed by atoms with Crippen LogP contribution in [0.3, 0.4) is 0 Å². The first-order valence-corrected chi connectivity index (χ1v) is 6.95. The van der Waals surface area contributed by atoms with E-state index in [-0.39, 0.29) is 5.82 Å². The van der Waals surface area contributed by atoms with Gasteiger partial charge in [0.15, 0.2) is 0 Å². The minimum Gasteiger partial charge on any atom is -0.313 e. The molecule has 0 fully saturated rings. The van der Waals surface area contributed by atoms with E-state index in [9.17, 15) is 4.39 Å². The maximum Gasteiger partial charge on any atom is 0.138 e. The van der Waals surface area contributed by atoms with E-state index in [0.717, 1.165) is 10.4 Å². The van der Waals surface area contributed by atoms with E-state index in [1.165, 1.54) is 4.88 Å². The summed E-state index contributed by atoms with van der Waals surface area (Å²) in [5.41, 5.74) is 0.922. The summed E-state index contributed by atoms with van der Waals surface area (Å²) < 4.78 is 13.9. The molecule has 4 heteroatoms. The Morgan fingerprint density at radius 1 is 1.29 bits per heavy atom. The van der Waals surface area contributed by atoms with Gasteiger partial charge in [-0.25, -0.2) is 4.39 Å². The SMILES string of the molecule is CNC(C)c1ccc(-c2ccc(Br)c(F)c2)s1. The molecule has 0 spiro atoms. The van der Waals surface area contributed by atoms with Crippen molar-refractivity contribution < 1.29 is 4.39 Å². The van der Waals surface area contributed by atoms with Crippen molar-refractivity contribution in [1.29, 1.82) is 0 Å². The molecule has 0 radical (unpaired) electrons. The van der Waals surface area contributed by atoms with Crippen molar-refractivity contribution in [2.45, 2.75) is 13.0 Å². The van der Waals surface area contributed by atoms with E-state index < -0.39 is 0 Å². The first-order chi connectivity index (χ1) is 8.11. The molecule has 1 unspecified atom stereocenters. The molecule has 1 aromatic carbocycles. The molecule has 0 aliphatic carbocycles. The summed E-state index contributed by atoms with van der Waals surface area (Å²) in [5.74, 6) is -0.223. The van der Waals surface area contributed by atoms with Crippen LogP contribution in [0, 0.1) is 5.82 Å². The van der Waals surface area contributed by atoms with Gasteiger partial charge >= 0.3 is 0 Å². The monoisotopic (exact) mass is 313 g/mol. The summed E-state index contributed by atoms with van der Waals surface area (Å²) in [6, 6.07) is 9.67. The second kappa shape index (κ2) is 5.29. The summed E-state index contributed by atoms with van der Waals surface area (Å²) in [6.45, 7) is 2.11. The lowest BCUT2D eigenvalue weighted by Gasteiger charge is -2.06. The van der Waals surface area contributed by atoms with E-state index in [1.54, 1.807) is 23.5 Å². The first-order valence-electron chi connectivity index (χ1n) is 5.34. The van der Waals surface area contributed by atoms with E-state index in [0.29, 0.717) is 10.5 Å². The lowest BCUT2D eigenvalue weighted by atomic mass is 10.2. The molecule has 1 atom stereocenters. The van der Waals surface area contributed by atoms with Crippen molar-refractivity contribution in [1.82, 2.24) is 5.32 Å². The minimum atomic E-state index is -0.223. The molecule has 0 amide bonds. The molecule has 1 N–H and O–H groups in total. The highest BCUT2D eigenvalue weighted by molar-refractivity contribution is 9.10. The maximum atomic E-state index is 13.4. The lowest BCUT2D eigenvalue weighted by Crippen LogP contribution is -2.10. The van der Waals surface area contributed by atoms with Gasteiger partial charge in [0.1, 0.15) is 5.82 Å². The molecule has 0 saturated carbocycles. The van der Waals surface area contributed by atoms with E-state index in [2.05, 4.69) is 34.2 Å². The van der Waals surface area contributed by atoms with Gasteiger partial charge in [-0.2, -0.15) is 0 Å². The first kappa shape index (κ1) is 12.7. The van der Waals surface area contributed by atoms with Crippen molar-refractivity contribution in [3.8, 4) is 10.4 Å². The lowest BCUT2D eigenvalue weighted by molar-refractivity contribution is 0.622.